The number of para-hydroxylation sites is 1. The fraction of sp³-hybridized carbons (Fsp3) is 0.238. The Morgan fingerprint density at radius 3 is 3.04 bits per heavy atom. The van der Waals surface area contributed by atoms with E-state index in [1.54, 1.807) is 11.3 Å². The average Bonchev–Trinajstić information content (AvgIpc) is 3.42. The Balaban J connectivity index is 1.38. The Kier molecular flexibility index (Phi) is 3.21. The molecule has 1 aromatic heterocycles. The smallest absolute Gasteiger partial charge is 0.205 e. The van der Waals surface area contributed by atoms with Crippen LogP contribution in [0.2, 0.25) is 0 Å². The molecule has 0 bridgehead atoms. The molecule has 0 radical (unpaired) electrons. The maximum Gasteiger partial charge on any atom is 0.205 e. The molecule has 5 nitrogen and oxygen atoms in total. The summed E-state index contributed by atoms with van der Waals surface area (Å²) in [5, 5.41) is 0. The van der Waals surface area contributed by atoms with Gasteiger partial charge in [0.05, 0.1) is 23.2 Å². The van der Waals surface area contributed by atoms with E-state index in [1.807, 2.05) is 30.1 Å². The van der Waals surface area contributed by atoms with Crippen molar-refractivity contribution in [2.75, 3.05) is 6.61 Å². The number of ether oxygens (including phenoxy) is 3. The van der Waals surface area contributed by atoms with Crippen LogP contribution in [0.15, 0.2) is 53.1 Å². The molecule has 3 aliphatic heterocycles. The van der Waals surface area contributed by atoms with Crippen molar-refractivity contribution in [2.24, 2.45) is 4.99 Å². The SMILES string of the molecule is C1=Nc2ccccc2C12COc1cc3c(cc12)O[C@H](Cc1cncs1)OC3. The first-order chi connectivity index (χ1) is 13.3. The molecule has 0 fully saturated rings. The van der Waals surface area contributed by atoms with Crippen LogP contribution in [0.4, 0.5) is 5.69 Å². The molecule has 2 atom stereocenters. The van der Waals surface area contributed by atoms with Crippen LogP contribution in [-0.2, 0) is 23.2 Å². The van der Waals surface area contributed by atoms with Crippen LogP contribution in [-0.4, -0.2) is 24.1 Å². The Hall–Kier alpha value is -2.70. The second-order valence-corrected chi connectivity index (χ2v) is 7.99. The van der Waals surface area contributed by atoms with Gasteiger partial charge in [0.15, 0.2) is 0 Å². The highest BCUT2D eigenvalue weighted by atomic mass is 32.1. The molecule has 3 aliphatic rings. The molecule has 3 aromatic rings. The number of aliphatic imine (C=N–C) groups is 1. The predicted octanol–water partition coefficient (Wildman–Crippen LogP) is 4.02. The van der Waals surface area contributed by atoms with Crippen LogP contribution in [0.3, 0.4) is 0 Å². The summed E-state index contributed by atoms with van der Waals surface area (Å²) in [7, 11) is 0. The number of aromatic nitrogens is 1. The van der Waals surface area contributed by atoms with Crippen molar-refractivity contribution in [2.45, 2.75) is 24.7 Å². The van der Waals surface area contributed by atoms with Crippen LogP contribution in [0.5, 0.6) is 11.5 Å². The Morgan fingerprint density at radius 2 is 2.11 bits per heavy atom. The minimum absolute atomic E-state index is 0.293. The molecule has 0 saturated carbocycles. The molecule has 0 N–H and O–H groups in total. The van der Waals surface area contributed by atoms with Gasteiger partial charge in [-0.25, -0.2) is 0 Å². The van der Waals surface area contributed by atoms with Crippen molar-refractivity contribution in [3.05, 3.63) is 69.7 Å². The zero-order valence-electron chi connectivity index (χ0n) is 14.4. The van der Waals surface area contributed by atoms with Crippen LogP contribution in [0, 0.1) is 0 Å². The largest absolute Gasteiger partial charge is 0.492 e. The molecule has 0 amide bonds. The van der Waals surface area contributed by atoms with E-state index in [9.17, 15) is 0 Å². The van der Waals surface area contributed by atoms with Gasteiger partial charge in [0, 0.05) is 34.8 Å². The highest BCUT2D eigenvalue weighted by molar-refractivity contribution is 7.09. The van der Waals surface area contributed by atoms with Gasteiger partial charge in [0.1, 0.15) is 18.1 Å². The van der Waals surface area contributed by atoms with Gasteiger partial charge >= 0.3 is 0 Å². The van der Waals surface area contributed by atoms with Gasteiger partial charge in [-0.15, -0.1) is 11.3 Å². The number of rotatable bonds is 2. The predicted molar refractivity (Wildman–Crippen MR) is 102 cm³/mol. The van der Waals surface area contributed by atoms with Crippen molar-refractivity contribution >= 4 is 23.2 Å². The van der Waals surface area contributed by atoms with Gasteiger partial charge in [-0.05, 0) is 23.8 Å². The number of thiazole rings is 1. The Labute approximate surface area is 160 Å². The van der Waals surface area contributed by atoms with Crippen molar-refractivity contribution in [1.29, 1.82) is 0 Å². The van der Waals surface area contributed by atoms with E-state index >= 15 is 0 Å². The normalized spacial score (nSPS) is 24.2. The molecule has 6 heteroatoms. The van der Waals surface area contributed by atoms with Crippen molar-refractivity contribution in [3.8, 4) is 11.5 Å². The molecule has 134 valence electrons. The minimum atomic E-state index is -0.324. The minimum Gasteiger partial charge on any atom is -0.492 e. The first-order valence-corrected chi connectivity index (χ1v) is 9.80. The van der Waals surface area contributed by atoms with Crippen molar-refractivity contribution in [1.82, 2.24) is 4.98 Å². The van der Waals surface area contributed by atoms with Crippen LogP contribution >= 0.6 is 11.3 Å². The van der Waals surface area contributed by atoms with Crippen LogP contribution < -0.4 is 9.47 Å². The van der Waals surface area contributed by atoms with Crippen LogP contribution in [0.25, 0.3) is 0 Å². The lowest BCUT2D eigenvalue weighted by atomic mass is 9.77. The standard InChI is InChI=1S/C21H16N2O3S/c1-2-4-17-15(3-1)21(10-23-17)11-25-19-5-13-9-24-20(6-14-8-22-12-27-14)26-18(13)7-16(19)21/h1-5,7-8,10,12,20H,6,9,11H2/t20-,21?/m1/s1. The number of nitrogens with zero attached hydrogens (tertiary/aromatic N) is 2. The summed E-state index contributed by atoms with van der Waals surface area (Å²) in [6.45, 7) is 1.09. The monoisotopic (exact) mass is 376 g/mol. The topological polar surface area (TPSA) is 52.9 Å². The van der Waals surface area contributed by atoms with Crippen molar-refractivity contribution in [3.63, 3.8) is 0 Å². The molecular formula is C21H16N2O3S. The molecule has 0 saturated heterocycles. The number of hydrogen-bond acceptors (Lipinski definition) is 6. The number of fused-ring (bicyclic) bond motifs is 5. The molecule has 4 heterocycles. The van der Waals surface area contributed by atoms with Gasteiger partial charge in [0.2, 0.25) is 6.29 Å². The maximum atomic E-state index is 6.18. The third-order valence-corrected chi connectivity index (χ3v) is 6.24. The van der Waals surface area contributed by atoms with Gasteiger partial charge in [-0.2, -0.15) is 0 Å². The summed E-state index contributed by atoms with van der Waals surface area (Å²) in [6, 6.07) is 12.4. The van der Waals surface area contributed by atoms with E-state index in [1.165, 1.54) is 5.56 Å². The summed E-state index contributed by atoms with van der Waals surface area (Å²) in [4.78, 5) is 9.91. The third-order valence-electron chi connectivity index (χ3n) is 5.44. The summed E-state index contributed by atoms with van der Waals surface area (Å²) in [5.74, 6) is 1.77. The molecule has 2 aromatic carbocycles. The van der Waals surface area contributed by atoms with E-state index in [-0.39, 0.29) is 11.7 Å². The fourth-order valence-electron chi connectivity index (χ4n) is 4.07. The van der Waals surface area contributed by atoms with Crippen LogP contribution in [0.1, 0.15) is 21.6 Å². The first-order valence-electron chi connectivity index (χ1n) is 8.92. The van der Waals surface area contributed by atoms with Gasteiger partial charge in [-0.3, -0.25) is 9.98 Å². The molecule has 1 unspecified atom stereocenters. The highest BCUT2D eigenvalue weighted by Gasteiger charge is 2.46. The summed E-state index contributed by atoms with van der Waals surface area (Å²) < 4.78 is 18.1. The maximum absolute atomic E-state index is 6.18. The molecule has 27 heavy (non-hydrogen) atoms. The summed E-state index contributed by atoms with van der Waals surface area (Å²) >= 11 is 1.62. The van der Waals surface area contributed by atoms with Gasteiger partial charge < -0.3 is 14.2 Å². The molecule has 1 spiro atoms. The van der Waals surface area contributed by atoms with E-state index in [2.05, 4.69) is 34.2 Å². The van der Waals surface area contributed by atoms with Gasteiger partial charge in [-0.1, -0.05) is 18.2 Å². The summed E-state index contributed by atoms with van der Waals surface area (Å²) in [5.41, 5.74) is 5.85. The number of benzene rings is 2. The summed E-state index contributed by atoms with van der Waals surface area (Å²) in [6.07, 6.45) is 4.29. The zero-order valence-corrected chi connectivity index (χ0v) is 15.2. The lowest BCUT2D eigenvalue weighted by molar-refractivity contribution is -0.106. The highest BCUT2D eigenvalue weighted by Crippen LogP contribution is 2.50. The van der Waals surface area contributed by atoms with E-state index in [0.717, 1.165) is 33.2 Å². The number of hydrogen-bond donors (Lipinski definition) is 0. The Bertz CT molecular complexity index is 1060. The lowest BCUT2D eigenvalue weighted by Crippen LogP contribution is -2.30. The second-order valence-electron chi connectivity index (χ2n) is 7.02. The lowest BCUT2D eigenvalue weighted by Gasteiger charge is -2.28. The van der Waals surface area contributed by atoms with E-state index in [0.29, 0.717) is 19.6 Å². The fourth-order valence-corrected chi connectivity index (χ4v) is 4.68. The second kappa shape index (κ2) is 5.65. The zero-order chi connectivity index (χ0) is 17.8. The quantitative estimate of drug-likeness (QED) is 0.678. The van der Waals surface area contributed by atoms with Crippen molar-refractivity contribution < 1.29 is 14.2 Å². The average molecular weight is 376 g/mol. The molecule has 0 aliphatic carbocycles. The molecular weight excluding hydrogens is 360 g/mol. The third kappa shape index (κ3) is 2.27. The Morgan fingerprint density at radius 1 is 1.15 bits per heavy atom. The van der Waals surface area contributed by atoms with E-state index in [4.69, 9.17) is 14.2 Å². The van der Waals surface area contributed by atoms with E-state index < -0.39 is 0 Å². The first kappa shape index (κ1) is 15.4. The molecule has 6 rings (SSSR count). The van der Waals surface area contributed by atoms with Gasteiger partial charge in [0.25, 0.3) is 0 Å².